The van der Waals surface area contributed by atoms with Gasteiger partial charge < -0.3 is 10.2 Å². The standard InChI is InChI=1S/C16H19BrN2O2/c17-13-3-1-12(2-4-13)9-15(21)19-7-5-16(6-8-19)10-14(20)18-11-16/h1-4H,5-11H2,(H,18,20). The molecule has 1 aromatic rings. The number of carbonyl (C=O) groups is 2. The van der Waals surface area contributed by atoms with Crippen molar-refractivity contribution >= 4 is 27.7 Å². The van der Waals surface area contributed by atoms with Gasteiger partial charge in [0.1, 0.15) is 0 Å². The van der Waals surface area contributed by atoms with Crippen LogP contribution in [0.15, 0.2) is 28.7 Å². The Labute approximate surface area is 133 Å². The van der Waals surface area contributed by atoms with Gasteiger partial charge in [-0.15, -0.1) is 0 Å². The molecule has 1 N–H and O–H groups in total. The smallest absolute Gasteiger partial charge is 0.226 e. The Kier molecular flexibility index (Phi) is 4.02. The zero-order valence-electron chi connectivity index (χ0n) is 11.9. The summed E-state index contributed by atoms with van der Waals surface area (Å²) in [6, 6.07) is 7.88. The summed E-state index contributed by atoms with van der Waals surface area (Å²) in [5, 5.41) is 2.92. The number of hydrogen-bond acceptors (Lipinski definition) is 2. The van der Waals surface area contributed by atoms with Gasteiger partial charge in [0, 0.05) is 30.5 Å². The number of benzene rings is 1. The zero-order valence-corrected chi connectivity index (χ0v) is 13.5. The maximum Gasteiger partial charge on any atom is 0.226 e. The normalized spacial score (nSPS) is 20.6. The molecule has 0 atom stereocenters. The molecule has 2 fully saturated rings. The molecular weight excluding hydrogens is 332 g/mol. The number of halogens is 1. The van der Waals surface area contributed by atoms with E-state index in [1.807, 2.05) is 29.2 Å². The monoisotopic (exact) mass is 350 g/mol. The molecule has 0 bridgehead atoms. The molecule has 21 heavy (non-hydrogen) atoms. The predicted molar refractivity (Wildman–Crippen MR) is 83.7 cm³/mol. The second-order valence-corrected chi connectivity index (χ2v) is 7.05. The van der Waals surface area contributed by atoms with Crippen LogP contribution >= 0.6 is 15.9 Å². The Morgan fingerprint density at radius 1 is 1.24 bits per heavy atom. The minimum atomic E-state index is 0.103. The lowest BCUT2D eigenvalue weighted by Crippen LogP contribution is -2.44. The summed E-state index contributed by atoms with van der Waals surface area (Å²) >= 11 is 3.40. The molecule has 3 rings (SSSR count). The van der Waals surface area contributed by atoms with Crippen LogP contribution in [0.1, 0.15) is 24.8 Å². The van der Waals surface area contributed by atoms with Crippen molar-refractivity contribution in [3.63, 3.8) is 0 Å². The Morgan fingerprint density at radius 3 is 2.48 bits per heavy atom. The molecule has 2 aliphatic rings. The van der Waals surface area contributed by atoms with E-state index in [9.17, 15) is 9.59 Å². The Balaban J connectivity index is 1.55. The molecule has 0 aromatic heterocycles. The fourth-order valence-corrected chi connectivity index (χ4v) is 3.49. The number of rotatable bonds is 2. The summed E-state index contributed by atoms with van der Waals surface area (Å²) in [7, 11) is 0. The molecule has 2 saturated heterocycles. The van der Waals surface area contributed by atoms with Gasteiger partial charge >= 0.3 is 0 Å². The fraction of sp³-hybridized carbons (Fsp3) is 0.500. The van der Waals surface area contributed by atoms with Crippen molar-refractivity contribution in [2.24, 2.45) is 5.41 Å². The first kappa shape index (κ1) is 14.6. The third-order valence-corrected chi connectivity index (χ3v) is 5.17. The van der Waals surface area contributed by atoms with Crippen LogP contribution in [0, 0.1) is 5.41 Å². The Hall–Kier alpha value is -1.36. The first-order valence-electron chi connectivity index (χ1n) is 7.35. The molecule has 5 heteroatoms. The summed E-state index contributed by atoms with van der Waals surface area (Å²) in [5.74, 6) is 0.342. The Bertz CT molecular complexity index is 548. The van der Waals surface area contributed by atoms with E-state index in [1.165, 1.54) is 0 Å². The van der Waals surface area contributed by atoms with Crippen LogP contribution in [0.5, 0.6) is 0 Å². The average molecular weight is 351 g/mol. The van der Waals surface area contributed by atoms with E-state index in [-0.39, 0.29) is 17.2 Å². The van der Waals surface area contributed by atoms with Gasteiger partial charge in [-0.2, -0.15) is 0 Å². The molecule has 112 valence electrons. The quantitative estimate of drug-likeness (QED) is 0.887. The van der Waals surface area contributed by atoms with Crippen molar-refractivity contribution in [1.29, 1.82) is 0 Å². The van der Waals surface area contributed by atoms with E-state index >= 15 is 0 Å². The predicted octanol–water partition coefficient (Wildman–Crippen LogP) is 2.12. The lowest BCUT2D eigenvalue weighted by molar-refractivity contribution is -0.132. The largest absolute Gasteiger partial charge is 0.356 e. The average Bonchev–Trinajstić information content (AvgIpc) is 2.83. The van der Waals surface area contributed by atoms with Crippen molar-refractivity contribution in [2.45, 2.75) is 25.7 Å². The summed E-state index contributed by atoms with van der Waals surface area (Å²) < 4.78 is 1.03. The van der Waals surface area contributed by atoms with Gasteiger partial charge in [0.15, 0.2) is 0 Å². The van der Waals surface area contributed by atoms with Gasteiger partial charge in [-0.25, -0.2) is 0 Å². The zero-order chi connectivity index (χ0) is 14.9. The Morgan fingerprint density at radius 2 is 1.90 bits per heavy atom. The van der Waals surface area contributed by atoms with Gasteiger partial charge in [0.25, 0.3) is 0 Å². The number of carbonyl (C=O) groups excluding carboxylic acids is 2. The van der Waals surface area contributed by atoms with Crippen LogP contribution in [0.3, 0.4) is 0 Å². The van der Waals surface area contributed by atoms with Crippen LogP contribution in [0.2, 0.25) is 0 Å². The SMILES string of the molecule is O=C1CC2(CCN(C(=O)Cc3ccc(Br)cc3)CC2)CN1. The summed E-state index contributed by atoms with van der Waals surface area (Å²) in [4.78, 5) is 25.7. The molecular formula is C16H19BrN2O2. The summed E-state index contributed by atoms with van der Waals surface area (Å²) in [6.07, 6.45) is 2.94. The number of likely N-dealkylation sites (tertiary alicyclic amines) is 1. The van der Waals surface area contributed by atoms with E-state index in [0.29, 0.717) is 12.8 Å². The second-order valence-electron chi connectivity index (χ2n) is 6.14. The molecule has 1 aromatic carbocycles. The second kappa shape index (κ2) is 5.79. The number of nitrogens with zero attached hydrogens (tertiary/aromatic N) is 1. The number of piperidine rings is 1. The third-order valence-electron chi connectivity index (χ3n) is 4.64. The van der Waals surface area contributed by atoms with Gasteiger partial charge in [-0.1, -0.05) is 28.1 Å². The molecule has 0 radical (unpaired) electrons. The van der Waals surface area contributed by atoms with Crippen LogP contribution < -0.4 is 5.32 Å². The first-order valence-corrected chi connectivity index (χ1v) is 8.15. The van der Waals surface area contributed by atoms with E-state index in [1.54, 1.807) is 0 Å². The van der Waals surface area contributed by atoms with Crippen LogP contribution in [0.25, 0.3) is 0 Å². The minimum Gasteiger partial charge on any atom is -0.356 e. The lowest BCUT2D eigenvalue weighted by atomic mass is 9.77. The van der Waals surface area contributed by atoms with Gasteiger partial charge in [-0.05, 0) is 36.0 Å². The molecule has 0 unspecified atom stereocenters. The lowest BCUT2D eigenvalue weighted by Gasteiger charge is -2.38. The highest BCUT2D eigenvalue weighted by atomic mass is 79.9. The summed E-state index contributed by atoms with van der Waals surface area (Å²) in [5.41, 5.74) is 1.15. The molecule has 2 amide bonds. The van der Waals surface area contributed by atoms with Gasteiger partial charge in [0.05, 0.1) is 6.42 Å². The number of nitrogens with one attached hydrogen (secondary N) is 1. The first-order chi connectivity index (χ1) is 10.1. The van der Waals surface area contributed by atoms with Crippen molar-refractivity contribution in [3.05, 3.63) is 34.3 Å². The minimum absolute atomic E-state index is 0.103. The van der Waals surface area contributed by atoms with Crippen molar-refractivity contribution in [1.82, 2.24) is 10.2 Å². The van der Waals surface area contributed by atoms with Gasteiger partial charge in [0.2, 0.25) is 11.8 Å². The summed E-state index contributed by atoms with van der Waals surface area (Å²) in [6.45, 7) is 2.31. The third kappa shape index (κ3) is 3.28. The molecule has 1 spiro atoms. The van der Waals surface area contributed by atoms with Crippen LogP contribution in [0.4, 0.5) is 0 Å². The highest BCUT2D eigenvalue weighted by Crippen LogP contribution is 2.37. The van der Waals surface area contributed by atoms with Crippen molar-refractivity contribution in [3.8, 4) is 0 Å². The highest BCUT2D eigenvalue weighted by Gasteiger charge is 2.41. The molecule has 2 aliphatic heterocycles. The molecule has 2 heterocycles. The van der Waals surface area contributed by atoms with Crippen molar-refractivity contribution in [2.75, 3.05) is 19.6 Å². The highest BCUT2D eigenvalue weighted by molar-refractivity contribution is 9.10. The van der Waals surface area contributed by atoms with Crippen LogP contribution in [-0.2, 0) is 16.0 Å². The number of amides is 2. The van der Waals surface area contributed by atoms with E-state index in [2.05, 4.69) is 21.2 Å². The molecule has 4 nitrogen and oxygen atoms in total. The molecule has 0 aliphatic carbocycles. The van der Waals surface area contributed by atoms with Gasteiger partial charge in [-0.3, -0.25) is 9.59 Å². The maximum atomic E-state index is 12.4. The fourth-order valence-electron chi connectivity index (χ4n) is 3.22. The van der Waals surface area contributed by atoms with Crippen molar-refractivity contribution < 1.29 is 9.59 Å². The van der Waals surface area contributed by atoms with E-state index in [4.69, 9.17) is 0 Å². The molecule has 0 saturated carbocycles. The maximum absolute atomic E-state index is 12.4. The van der Waals surface area contributed by atoms with E-state index < -0.39 is 0 Å². The van der Waals surface area contributed by atoms with Crippen LogP contribution in [-0.4, -0.2) is 36.3 Å². The number of hydrogen-bond donors (Lipinski definition) is 1. The van der Waals surface area contributed by atoms with E-state index in [0.717, 1.165) is 42.5 Å². The topological polar surface area (TPSA) is 49.4 Å².